The third-order valence-corrected chi connectivity index (χ3v) is 6.63. The van der Waals surface area contributed by atoms with Gasteiger partial charge in [-0.05, 0) is 36.8 Å². The Labute approximate surface area is 152 Å². The second kappa shape index (κ2) is 8.70. The number of aliphatic imine (C=N–C) groups is 1. The van der Waals surface area contributed by atoms with Crippen molar-refractivity contribution in [2.75, 3.05) is 32.4 Å². The van der Waals surface area contributed by atoms with Gasteiger partial charge in [0.2, 0.25) is 0 Å². The lowest BCUT2D eigenvalue weighted by molar-refractivity contribution is 0.143. The Morgan fingerprint density at radius 3 is 2.68 bits per heavy atom. The molecule has 1 atom stereocenters. The zero-order chi connectivity index (χ0) is 18.3. The molecule has 1 aromatic carbocycles. The van der Waals surface area contributed by atoms with E-state index < -0.39 is 9.84 Å². The third kappa shape index (κ3) is 5.46. The summed E-state index contributed by atoms with van der Waals surface area (Å²) in [4.78, 5) is 7.01. The molecule has 0 bridgehead atoms. The van der Waals surface area contributed by atoms with Gasteiger partial charge in [0.25, 0.3) is 0 Å². The number of nitrogens with zero attached hydrogens (tertiary/aromatic N) is 2. The fraction of sp³-hybridized carbons (Fsp3) is 0.632. The third-order valence-electron chi connectivity index (χ3n) is 4.90. The minimum atomic E-state index is -3.26. The summed E-state index contributed by atoms with van der Waals surface area (Å²) in [6.07, 6.45) is 4.80. The van der Waals surface area contributed by atoms with Crippen molar-refractivity contribution in [1.82, 2.24) is 10.2 Å². The van der Waals surface area contributed by atoms with Gasteiger partial charge in [0.1, 0.15) is 0 Å². The van der Waals surface area contributed by atoms with E-state index in [-0.39, 0.29) is 5.75 Å². The lowest BCUT2D eigenvalue weighted by atomic mass is 9.78. The van der Waals surface area contributed by atoms with Crippen LogP contribution in [0.3, 0.4) is 0 Å². The van der Waals surface area contributed by atoms with Crippen molar-refractivity contribution in [2.45, 2.75) is 44.4 Å². The molecule has 0 saturated carbocycles. The van der Waals surface area contributed by atoms with E-state index in [2.05, 4.69) is 29.1 Å². The highest BCUT2D eigenvalue weighted by molar-refractivity contribution is 7.91. The van der Waals surface area contributed by atoms with Gasteiger partial charge in [0.05, 0.1) is 10.6 Å². The Balaban J connectivity index is 1.92. The van der Waals surface area contributed by atoms with Crippen LogP contribution in [0, 0.1) is 5.41 Å². The highest BCUT2D eigenvalue weighted by atomic mass is 32.2. The zero-order valence-corrected chi connectivity index (χ0v) is 16.5. The molecule has 1 aromatic rings. The van der Waals surface area contributed by atoms with Crippen LogP contribution in [0.15, 0.2) is 40.2 Å². The molecule has 0 aliphatic carbocycles. The molecule has 0 spiro atoms. The van der Waals surface area contributed by atoms with Crippen molar-refractivity contribution >= 4 is 15.8 Å². The summed E-state index contributed by atoms with van der Waals surface area (Å²) < 4.78 is 24.7. The number of nitrogens with one attached hydrogen (secondary N) is 1. The number of benzene rings is 1. The smallest absolute Gasteiger partial charge is 0.193 e. The first-order valence-electron chi connectivity index (χ1n) is 9.14. The molecular weight excluding hydrogens is 334 g/mol. The number of sulfone groups is 1. The summed E-state index contributed by atoms with van der Waals surface area (Å²) >= 11 is 0. The molecule has 140 valence electrons. The summed E-state index contributed by atoms with van der Waals surface area (Å²) in [7, 11) is -1.50. The average molecular weight is 366 g/mol. The van der Waals surface area contributed by atoms with Crippen LogP contribution >= 0.6 is 0 Å². The molecule has 1 unspecified atom stereocenters. The molecule has 6 heteroatoms. The van der Waals surface area contributed by atoms with E-state index in [1.54, 1.807) is 31.3 Å². The molecule has 1 heterocycles. The first kappa shape index (κ1) is 19.8. The van der Waals surface area contributed by atoms with E-state index in [1.165, 1.54) is 19.3 Å². The zero-order valence-electron chi connectivity index (χ0n) is 15.7. The predicted octanol–water partition coefficient (Wildman–Crippen LogP) is 2.94. The molecule has 1 aliphatic rings. The highest BCUT2D eigenvalue weighted by Gasteiger charge is 2.31. The van der Waals surface area contributed by atoms with Gasteiger partial charge in [-0.15, -0.1) is 0 Å². The van der Waals surface area contributed by atoms with Crippen molar-refractivity contribution in [3.8, 4) is 0 Å². The number of hydrogen-bond acceptors (Lipinski definition) is 3. The van der Waals surface area contributed by atoms with E-state index in [0.29, 0.717) is 16.9 Å². The molecule has 5 nitrogen and oxygen atoms in total. The van der Waals surface area contributed by atoms with Crippen LogP contribution in [0.4, 0.5) is 0 Å². The van der Waals surface area contributed by atoms with Gasteiger partial charge in [-0.3, -0.25) is 4.99 Å². The Kier molecular flexibility index (Phi) is 6.87. The van der Waals surface area contributed by atoms with Gasteiger partial charge < -0.3 is 10.2 Å². The molecule has 0 amide bonds. The molecule has 1 saturated heterocycles. The van der Waals surface area contributed by atoms with E-state index >= 15 is 0 Å². The highest BCUT2D eigenvalue weighted by Crippen LogP contribution is 2.33. The van der Waals surface area contributed by atoms with Crippen LogP contribution in [0.5, 0.6) is 0 Å². The van der Waals surface area contributed by atoms with Crippen molar-refractivity contribution in [2.24, 2.45) is 10.4 Å². The Morgan fingerprint density at radius 2 is 2.04 bits per heavy atom. The molecule has 0 radical (unpaired) electrons. The summed E-state index contributed by atoms with van der Waals surface area (Å²) in [5.74, 6) is 0.876. The molecule has 1 N–H and O–H groups in total. The summed E-state index contributed by atoms with van der Waals surface area (Å²) in [5, 5.41) is 3.24. The Hall–Kier alpha value is -1.56. The van der Waals surface area contributed by atoms with Crippen molar-refractivity contribution in [3.05, 3.63) is 30.3 Å². The number of guanidine groups is 1. The minimum absolute atomic E-state index is 0.0656. The van der Waals surface area contributed by atoms with Crippen LogP contribution in [0.2, 0.25) is 0 Å². The second-order valence-electron chi connectivity index (χ2n) is 7.19. The van der Waals surface area contributed by atoms with Crippen LogP contribution in [-0.4, -0.2) is 51.7 Å². The summed E-state index contributed by atoms with van der Waals surface area (Å²) in [6, 6.07) is 8.61. The largest absolute Gasteiger partial charge is 0.355 e. The maximum atomic E-state index is 12.4. The van der Waals surface area contributed by atoms with E-state index in [9.17, 15) is 8.42 Å². The van der Waals surface area contributed by atoms with E-state index in [1.807, 2.05) is 6.07 Å². The van der Waals surface area contributed by atoms with Gasteiger partial charge >= 0.3 is 0 Å². The van der Waals surface area contributed by atoms with Gasteiger partial charge in [0, 0.05) is 26.7 Å². The molecule has 1 aliphatic heterocycles. The number of hydrogen-bond donors (Lipinski definition) is 1. The Morgan fingerprint density at radius 1 is 1.32 bits per heavy atom. The van der Waals surface area contributed by atoms with E-state index in [4.69, 9.17) is 0 Å². The first-order chi connectivity index (χ1) is 11.9. The number of piperidine rings is 1. The van der Waals surface area contributed by atoms with Gasteiger partial charge in [-0.25, -0.2) is 8.42 Å². The summed E-state index contributed by atoms with van der Waals surface area (Å²) in [6.45, 7) is 6.89. The van der Waals surface area contributed by atoms with Crippen molar-refractivity contribution in [1.29, 1.82) is 0 Å². The standard InChI is InChI=1S/C19H31N3O2S/c1-4-11-19(2)12-8-14-22(16-19)18(20-3)21-13-15-25(23,24)17-9-6-5-7-10-17/h5-7,9-10H,4,8,11-16H2,1-3H3,(H,20,21). The fourth-order valence-corrected chi connectivity index (χ4v) is 4.86. The minimum Gasteiger partial charge on any atom is -0.355 e. The first-order valence-corrected chi connectivity index (χ1v) is 10.8. The van der Waals surface area contributed by atoms with Crippen LogP contribution < -0.4 is 5.32 Å². The normalized spacial score (nSPS) is 22.0. The monoisotopic (exact) mass is 365 g/mol. The molecule has 2 rings (SSSR count). The molecular formula is C19H31N3O2S. The van der Waals surface area contributed by atoms with Gasteiger partial charge in [-0.1, -0.05) is 38.5 Å². The van der Waals surface area contributed by atoms with Gasteiger partial charge in [-0.2, -0.15) is 0 Å². The SMILES string of the molecule is CCCC1(C)CCCN(C(=NC)NCCS(=O)(=O)c2ccccc2)C1. The van der Waals surface area contributed by atoms with Crippen LogP contribution in [-0.2, 0) is 9.84 Å². The van der Waals surface area contributed by atoms with Crippen molar-refractivity contribution in [3.63, 3.8) is 0 Å². The van der Waals surface area contributed by atoms with Crippen LogP contribution in [0.1, 0.15) is 39.5 Å². The number of likely N-dealkylation sites (tertiary alicyclic amines) is 1. The maximum absolute atomic E-state index is 12.4. The second-order valence-corrected chi connectivity index (χ2v) is 9.30. The van der Waals surface area contributed by atoms with Gasteiger partial charge in [0.15, 0.2) is 15.8 Å². The van der Waals surface area contributed by atoms with Crippen LogP contribution in [0.25, 0.3) is 0 Å². The van der Waals surface area contributed by atoms with Crippen molar-refractivity contribution < 1.29 is 8.42 Å². The molecule has 25 heavy (non-hydrogen) atoms. The Bertz CT molecular complexity index is 669. The lowest BCUT2D eigenvalue weighted by Crippen LogP contribution is -2.50. The van der Waals surface area contributed by atoms with E-state index in [0.717, 1.165) is 25.5 Å². The number of rotatable bonds is 6. The predicted molar refractivity (Wildman–Crippen MR) is 104 cm³/mol. The fourth-order valence-electron chi connectivity index (χ4n) is 3.68. The maximum Gasteiger partial charge on any atom is 0.193 e. The topological polar surface area (TPSA) is 61.8 Å². The molecule has 1 fully saturated rings. The quantitative estimate of drug-likeness (QED) is 0.622. The summed E-state index contributed by atoms with van der Waals surface area (Å²) in [5.41, 5.74) is 0.320. The average Bonchev–Trinajstić information content (AvgIpc) is 2.59. The lowest BCUT2D eigenvalue weighted by Gasteiger charge is -2.42. The molecule has 0 aromatic heterocycles.